The van der Waals surface area contributed by atoms with E-state index in [0.29, 0.717) is 16.7 Å². The maximum atomic E-state index is 10.5. The smallest absolute Gasteiger partial charge is 0.208 e. The average molecular weight is 787 g/mol. The summed E-state index contributed by atoms with van der Waals surface area (Å²) in [4.78, 5) is 9.07. The number of phenols is 5. The lowest BCUT2D eigenvalue weighted by Crippen LogP contribution is -2.07. The van der Waals surface area contributed by atoms with Crippen LogP contribution in [-0.2, 0) is 0 Å². The predicted molar refractivity (Wildman–Crippen MR) is 236 cm³/mol. The van der Waals surface area contributed by atoms with E-state index in [2.05, 4.69) is 76.3 Å². The summed E-state index contributed by atoms with van der Waals surface area (Å²) in [7, 11) is 0. The van der Waals surface area contributed by atoms with Crippen molar-refractivity contribution in [2.45, 2.75) is 6.04 Å². The second-order valence-corrected chi connectivity index (χ2v) is 14.5. The monoisotopic (exact) mass is 786 g/mol. The molecule has 1 atom stereocenters. The van der Waals surface area contributed by atoms with Crippen LogP contribution >= 0.6 is 0 Å². The van der Waals surface area contributed by atoms with Crippen LogP contribution in [-0.4, -0.2) is 48.0 Å². The molecule has 0 fully saturated rings. The first-order chi connectivity index (χ1) is 29.3. The summed E-state index contributed by atoms with van der Waals surface area (Å²) < 4.78 is 8.84. The number of aromatic nitrogens is 1. The van der Waals surface area contributed by atoms with Gasteiger partial charge in [-0.2, -0.15) is 0 Å². The van der Waals surface area contributed by atoms with E-state index in [0.717, 1.165) is 60.8 Å². The van der Waals surface area contributed by atoms with Gasteiger partial charge in [-0.05, 0) is 58.7 Å². The zero-order valence-corrected chi connectivity index (χ0v) is 31.7. The Hall–Kier alpha value is -8.37. The molecule has 0 radical (unpaired) electrons. The number of allylic oxidation sites excluding steroid dienone is 1. The zero-order chi connectivity index (χ0) is 41.1. The predicted octanol–water partition coefficient (Wildman–Crippen LogP) is 10.9. The fourth-order valence-electron chi connectivity index (χ4n) is 8.16. The molecule has 10 heteroatoms. The van der Waals surface area contributed by atoms with E-state index in [4.69, 9.17) is 14.8 Å². The van der Waals surface area contributed by atoms with Crippen molar-refractivity contribution in [2.75, 3.05) is 0 Å². The standard InChI is InChI=1S/C50H34N4O6/c51-49(43-44(55)46(57)48(59)47(58)45(43)56)53-50(30-15-8-3-9-16-30)52-27-33-17-10-18-39-41(33)42-38(23-24-40(42)60-39)54-36-21-19-31(28-11-4-1-5-12-28)25-34(36)35-26-32(20-22-37(35)54)29-13-6-2-7-14-29/h1-27,38,51,55-59H. The molecule has 6 N–H and O–H groups in total. The molecule has 2 aromatic heterocycles. The summed E-state index contributed by atoms with van der Waals surface area (Å²) in [6, 6.07) is 48.3. The summed E-state index contributed by atoms with van der Waals surface area (Å²) in [5.74, 6) is -5.36. The van der Waals surface area contributed by atoms with Crippen molar-refractivity contribution in [3.63, 3.8) is 0 Å². The van der Waals surface area contributed by atoms with E-state index in [1.165, 1.54) is 0 Å². The minimum Gasteiger partial charge on any atom is -0.504 e. The van der Waals surface area contributed by atoms with Crippen LogP contribution in [0.4, 0.5) is 0 Å². The Morgan fingerprint density at radius 2 is 1.15 bits per heavy atom. The van der Waals surface area contributed by atoms with Crippen molar-refractivity contribution in [1.82, 2.24) is 4.57 Å². The van der Waals surface area contributed by atoms with Crippen molar-refractivity contribution in [1.29, 1.82) is 5.41 Å². The first-order valence-electron chi connectivity index (χ1n) is 19.1. The minimum atomic E-state index is -1.13. The molecule has 0 amide bonds. The summed E-state index contributed by atoms with van der Waals surface area (Å²) in [5.41, 5.74) is 8.78. The molecule has 0 saturated heterocycles. The lowest BCUT2D eigenvalue weighted by Gasteiger charge is -2.16. The lowest BCUT2D eigenvalue weighted by molar-refractivity contribution is 0.327. The zero-order valence-electron chi connectivity index (χ0n) is 31.7. The van der Waals surface area contributed by atoms with Gasteiger partial charge in [-0.15, -0.1) is 0 Å². The van der Waals surface area contributed by atoms with Crippen LogP contribution in [0.5, 0.6) is 28.7 Å². The molecule has 1 aliphatic carbocycles. The molecule has 2 heterocycles. The highest BCUT2D eigenvalue weighted by atomic mass is 16.4. The van der Waals surface area contributed by atoms with Gasteiger partial charge in [0.25, 0.3) is 0 Å². The second-order valence-electron chi connectivity index (χ2n) is 14.5. The highest BCUT2D eigenvalue weighted by Gasteiger charge is 2.30. The number of aliphatic imine (C=N–C) groups is 2. The lowest BCUT2D eigenvalue weighted by atomic mass is 10.0. The molecule has 10 nitrogen and oxygen atoms in total. The first-order valence-corrected chi connectivity index (χ1v) is 19.1. The van der Waals surface area contributed by atoms with Crippen molar-refractivity contribution in [3.05, 3.63) is 180 Å². The van der Waals surface area contributed by atoms with Crippen LogP contribution < -0.4 is 0 Å². The molecule has 290 valence electrons. The number of benzene rings is 7. The van der Waals surface area contributed by atoms with Crippen molar-refractivity contribution >= 4 is 56.7 Å². The van der Waals surface area contributed by atoms with Gasteiger partial charge in [-0.25, -0.2) is 9.98 Å². The van der Waals surface area contributed by atoms with Gasteiger partial charge in [0, 0.05) is 50.1 Å². The topological polar surface area (TPSA) is 168 Å². The molecule has 1 aliphatic rings. The molecule has 1 unspecified atom stereocenters. The molecule has 0 saturated carbocycles. The van der Waals surface area contributed by atoms with Gasteiger partial charge in [0.1, 0.15) is 16.9 Å². The molecule has 9 aromatic rings. The van der Waals surface area contributed by atoms with Crippen LogP contribution in [0.3, 0.4) is 0 Å². The van der Waals surface area contributed by atoms with E-state index in [1.807, 2.05) is 66.7 Å². The summed E-state index contributed by atoms with van der Waals surface area (Å²) >= 11 is 0. The number of aromatic hydroxyl groups is 5. The van der Waals surface area contributed by atoms with Crippen molar-refractivity contribution in [3.8, 4) is 51.0 Å². The largest absolute Gasteiger partial charge is 0.504 e. The number of rotatable bonds is 6. The van der Waals surface area contributed by atoms with Crippen LogP contribution in [0.15, 0.2) is 166 Å². The maximum absolute atomic E-state index is 10.5. The van der Waals surface area contributed by atoms with Gasteiger partial charge in [-0.1, -0.05) is 121 Å². The van der Waals surface area contributed by atoms with E-state index in [1.54, 1.807) is 30.5 Å². The van der Waals surface area contributed by atoms with Crippen LogP contribution in [0, 0.1) is 5.41 Å². The van der Waals surface area contributed by atoms with E-state index >= 15 is 0 Å². The van der Waals surface area contributed by atoms with E-state index in [9.17, 15) is 25.5 Å². The number of phenolic OH excluding ortho intramolecular Hbond substituents is 5. The molecule has 10 rings (SSSR count). The van der Waals surface area contributed by atoms with Gasteiger partial charge >= 0.3 is 0 Å². The van der Waals surface area contributed by atoms with Gasteiger partial charge < -0.3 is 34.5 Å². The van der Waals surface area contributed by atoms with Crippen molar-refractivity contribution < 1.29 is 29.9 Å². The molecule has 7 aromatic carbocycles. The fraction of sp³-hybridized carbons (Fsp3) is 0.0200. The van der Waals surface area contributed by atoms with Crippen LogP contribution in [0.25, 0.3) is 61.1 Å². The quantitative estimate of drug-likeness (QED) is 0.0424. The molecule has 0 aliphatic heterocycles. The SMILES string of the molecule is N=C(N=C(N=Cc1cccc2oc3c(c12)C(n1c2ccc(-c4ccccc4)cc2c2cc(-c4ccccc4)ccc21)C=C3)c1ccccc1)c1c(O)c(O)c(O)c(O)c1O. The Bertz CT molecular complexity index is 3150. The number of hydrogen-bond donors (Lipinski definition) is 6. The summed E-state index contributed by atoms with van der Waals surface area (Å²) in [6.07, 6.45) is 5.79. The Kier molecular flexibility index (Phi) is 8.54. The first kappa shape index (κ1) is 36.0. The molecular weight excluding hydrogens is 753 g/mol. The fourth-order valence-corrected chi connectivity index (χ4v) is 8.16. The van der Waals surface area contributed by atoms with Gasteiger partial charge in [0.2, 0.25) is 17.2 Å². The number of fused-ring (bicyclic) bond motifs is 6. The van der Waals surface area contributed by atoms with Gasteiger partial charge in [0.05, 0.1) is 6.04 Å². The van der Waals surface area contributed by atoms with Crippen molar-refractivity contribution in [2.24, 2.45) is 9.98 Å². The highest BCUT2D eigenvalue weighted by molar-refractivity contribution is 6.17. The van der Waals surface area contributed by atoms with Gasteiger partial charge in [0.15, 0.2) is 23.2 Å². The number of nitrogens with zero attached hydrogens (tertiary/aromatic N) is 3. The Morgan fingerprint density at radius 3 is 1.73 bits per heavy atom. The minimum absolute atomic E-state index is 0.0316. The summed E-state index contributed by atoms with van der Waals surface area (Å²) in [5, 5.41) is 63.1. The number of amidine groups is 2. The normalized spacial score (nSPS) is 13.9. The van der Waals surface area contributed by atoms with Crippen LogP contribution in [0.1, 0.15) is 34.1 Å². The Morgan fingerprint density at radius 1 is 0.600 bits per heavy atom. The summed E-state index contributed by atoms with van der Waals surface area (Å²) in [6.45, 7) is 0. The molecule has 60 heavy (non-hydrogen) atoms. The highest BCUT2D eigenvalue weighted by Crippen LogP contribution is 2.51. The molecule has 0 bridgehead atoms. The third-order valence-electron chi connectivity index (χ3n) is 11.0. The number of furan rings is 1. The molecule has 0 spiro atoms. The number of nitrogens with one attached hydrogen (secondary N) is 1. The molecular formula is C50H34N4O6. The maximum Gasteiger partial charge on any atom is 0.208 e. The Labute approximate surface area is 342 Å². The third-order valence-corrected chi connectivity index (χ3v) is 11.0. The average Bonchev–Trinajstić information content (AvgIpc) is 3.97. The van der Waals surface area contributed by atoms with Gasteiger partial charge in [-0.3, -0.25) is 5.41 Å². The van der Waals surface area contributed by atoms with E-state index in [-0.39, 0.29) is 11.9 Å². The van der Waals surface area contributed by atoms with E-state index < -0.39 is 40.1 Å². The second kappa shape index (κ2) is 14.2. The number of hydrogen-bond acceptors (Lipinski definition) is 7. The third kappa shape index (κ3) is 5.85. The van der Waals surface area contributed by atoms with Crippen LogP contribution in [0.2, 0.25) is 0 Å². The Balaban J connectivity index is 1.12.